The maximum atomic E-state index is 10.5. The molecule has 68 valence electrons. The molecule has 1 aromatic carbocycles. The fourth-order valence-corrected chi connectivity index (χ4v) is 1.45. The van der Waals surface area contributed by atoms with E-state index in [0.29, 0.717) is 6.42 Å². The van der Waals surface area contributed by atoms with E-state index in [-0.39, 0.29) is 11.5 Å². The second kappa shape index (κ2) is 3.05. The summed E-state index contributed by atoms with van der Waals surface area (Å²) in [7, 11) is 0. The van der Waals surface area contributed by atoms with Crippen LogP contribution in [0.3, 0.4) is 0 Å². The number of hydrogen-bond donors (Lipinski definition) is 0. The quantitative estimate of drug-likeness (QED) is 0.481. The van der Waals surface area contributed by atoms with Crippen molar-refractivity contribution in [3.8, 4) is 5.75 Å². The minimum absolute atomic E-state index is 0.185. The van der Waals surface area contributed by atoms with Crippen LogP contribution in [-0.2, 0) is 6.42 Å². The maximum absolute atomic E-state index is 10.5. The van der Waals surface area contributed by atoms with Gasteiger partial charge in [0.05, 0.1) is 0 Å². The van der Waals surface area contributed by atoms with Gasteiger partial charge < -0.3 is 4.74 Å². The highest BCUT2D eigenvalue weighted by Gasteiger charge is 2.27. The summed E-state index contributed by atoms with van der Waals surface area (Å²) >= 11 is 0. The third-order valence-electron chi connectivity index (χ3n) is 2.16. The summed E-state index contributed by atoms with van der Waals surface area (Å²) in [5.41, 5.74) is 0.926. The molecule has 0 saturated carbocycles. The largest absolute Gasteiger partial charge is 0.486 e. The number of fused-ring (bicyclic) bond motifs is 1. The van der Waals surface area contributed by atoms with E-state index in [0.717, 1.165) is 11.3 Å². The zero-order valence-electron chi connectivity index (χ0n) is 6.97. The van der Waals surface area contributed by atoms with E-state index in [1.54, 1.807) is 0 Å². The molecule has 0 N–H and O–H groups in total. The topological polar surface area (TPSA) is 52.4 Å². The third kappa shape index (κ3) is 1.47. The Morgan fingerprint density at radius 3 is 3.00 bits per heavy atom. The van der Waals surface area contributed by atoms with Gasteiger partial charge in [-0.05, 0) is 6.07 Å². The van der Waals surface area contributed by atoms with Gasteiger partial charge in [-0.25, -0.2) is 0 Å². The normalized spacial score (nSPS) is 20.2. The number of nitrogens with zero attached hydrogens (tertiary/aromatic N) is 1. The number of hydrogen-bond acceptors (Lipinski definition) is 3. The first-order valence-electron chi connectivity index (χ1n) is 4.11. The fourth-order valence-electron chi connectivity index (χ4n) is 1.45. The van der Waals surface area contributed by atoms with Gasteiger partial charge in [-0.3, -0.25) is 10.1 Å². The highest BCUT2D eigenvalue weighted by molar-refractivity contribution is 5.35. The van der Waals surface area contributed by atoms with E-state index in [4.69, 9.17) is 4.74 Å². The van der Waals surface area contributed by atoms with Gasteiger partial charge in [0.15, 0.2) is 6.61 Å². The zero-order valence-corrected chi connectivity index (χ0v) is 6.97. The van der Waals surface area contributed by atoms with Crippen molar-refractivity contribution in [3.05, 3.63) is 39.9 Å². The summed E-state index contributed by atoms with van der Waals surface area (Å²) in [6.07, 6.45) is 0.475. The average Bonchev–Trinajstić information content (AvgIpc) is 2.17. The molecule has 0 radical (unpaired) electrons. The molecule has 0 aromatic heterocycles. The molecule has 2 rings (SSSR count). The molecular weight excluding hydrogens is 170 g/mol. The number of benzene rings is 1. The van der Waals surface area contributed by atoms with Crippen LogP contribution >= 0.6 is 0 Å². The Bertz CT molecular complexity index is 337. The SMILES string of the molecule is O=[N+]([O-])C1COc2ccccc2C1. The minimum Gasteiger partial charge on any atom is -0.486 e. The predicted octanol–water partition coefficient (Wildman–Crippen LogP) is 1.27. The van der Waals surface area contributed by atoms with Crippen molar-refractivity contribution < 1.29 is 9.66 Å². The molecule has 0 aliphatic carbocycles. The van der Waals surface area contributed by atoms with E-state index in [2.05, 4.69) is 0 Å². The van der Waals surface area contributed by atoms with Gasteiger partial charge in [-0.2, -0.15) is 0 Å². The lowest BCUT2D eigenvalue weighted by Gasteiger charge is -2.19. The maximum Gasteiger partial charge on any atom is 0.250 e. The Kier molecular flexibility index (Phi) is 1.88. The smallest absolute Gasteiger partial charge is 0.250 e. The number of ether oxygens (including phenoxy) is 1. The van der Waals surface area contributed by atoms with Crippen LogP contribution in [0.4, 0.5) is 0 Å². The molecular formula is C9H9NO3. The first-order valence-corrected chi connectivity index (χ1v) is 4.11. The molecule has 0 amide bonds. The number of rotatable bonds is 1. The van der Waals surface area contributed by atoms with Gasteiger partial charge in [-0.15, -0.1) is 0 Å². The monoisotopic (exact) mass is 179 g/mol. The lowest BCUT2D eigenvalue weighted by molar-refractivity contribution is -0.525. The van der Waals surface area contributed by atoms with Crippen LogP contribution in [0, 0.1) is 10.1 Å². The lowest BCUT2D eigenvalue weighted by atomic mass is 10.0. The molecule has 0 spiro atoms. The van der Waals surface area contributed by atoms with Gasteiger partial charge in [0, 0.05) is 16.9 Å². The Balaban J connectivity index is 2.24. The van der Waals surface area contributed by atoms with E-state index in [1.807, 2.05) is 24.3 Å². The Hall–Kier alpha value is -1.58. The molecule has 0 fully saturated rings. The highest BCUT2D eigenvalue weighted by atomic mass is 16.6. The molecule has 1 atom stereocenters. The fraction of sp³-hybridized carbons (Fsp3) is 0.333. The van der Waals surface area contributed by atoms with Crippen molar-refractivity contribution in [2.45, 2.75) is 12.5 Å². The van der Waals surface area contributed by atoms with Crippen molar-refractivity contribution in [2.75, 3.05) is 6.61 Å². The Labute approximate surface area is 75.3 Å². The molecule has 4 nitrogen and oxygen atoms in total. The summed E-state index contributed by atoms with van der Waals surface area (Å²) < 4.78 is 5.26. The van der Waals surface area contributed by atoms with Crippen molar-refractivity contribution in [2.24, 2.45) is 0 Å². The molecule has 0 saturated heterocycles. The van der Waals surface area contributed by atoms with Crippen LogP contribution in [-0.4, -0.2) is 17.6 Å². The van der Waals surface area contributed by atoms with Gasteiger partial charge in [0.2, 0.25) is 0 Å². The molecule has 1 heterocycles. The summed E-state index contributed by atoms with van der Waals surface area (Å²) in [6.45, 7) is 0.185. The molecule has 1 aromatic rings. The van der Waals surface area contributed by atoms with Gasteiger partial charge in [0.1, 0.15) is 5.75 Å². The molecule has 4 heteroatoms. The average molecular weight is 179 g/mol. The van der Waals surface area contributed by atoms with Crippen LogP contribution < -0.4 is 4.74 Å². The summed E-state index contributed by atoms with van der Waals surface area (Å²) in [4.78, 5) is 10.2. The number of nitro groups is 1. The summed E-state index contributed by atoms with van der Waals surface area (Å²) in [6, 6.07) is 6.85. The van der Waals surface area contributed by atoms with Crippen LogP contribution in [0.15, 0.2) is 24.3 Å². The second-order valence-corrected chi connectivity index (χ2v) is 3.06. The van der Waals surface area contributed by atoms with Crippen molar-refractivity contribution in [3.63, 3.8) is 0 Å². The number of para-hydroxylation sites is 1. The second-order valence-electron chi connectivity index (χ2n) is 3.06. The van der Waals surface area contributed by atoms with E-state index in [1.165, 1.54) is 0 Å². The molecule has 1 aliphatic heterocycles. The summed E-state index contributed by atoms with van der Waals surface area (Å²) in [5.74, 6) is 0.778. The Morgan fingerprint density at radius 1 is 1.46 bits per heavy atom. The highest BCUT2D eigenvalue weighted by Crippen LogP contribution is 2.24. The lowest BCUT2D eigenvalue weighted by Crippen LogP contribution is -2.32. The predicted molar refractivity (Wildman–Crippen MR) is 46.4 cm³/mol. The Morgan fingerprint density at radius 2 is 2.23 bits per heavy atom. The van der Waals surface area contributed by atoms with Crippen LogP contribution in [0.5, 0.6) is 5.75 Å². The minimum atomic E-state index is -0.588. The zero-order chi connectivity index (χ0) is 9.26. The van der Waals surface area contributed by atoms with Crippen molar-refractivity contribution >= 4 is 0 Å². The third-order valence-corrected chi connectivity index (χ3v) is 2.16. The van der Waals surface area contributed by atoms with E-state index >= 15 is 0 Å². The van der Waals surface area contributed by atoms with Crippen molar-refractivity contribution in [1.29, 1.82) is 0 Å². The van der Waals surface area contributed by atoms with Crippen LogP contribution in [0.25, 0.3) is 0 Å². The van der Waals surface area contributed by atoms with Crippen LogP contribution in [0.1, 0.15) is 5.56 Å². The molecule has 1 aliphatic rings. The van der Waals surface area contributed by atoms with Crippen LogP contribution in [0.2, 0.25) is 0 Å². The van der Waals surface area contributed by atoms with E-state index in [9.17, 15) is 10.1 Å². The van der Waals surface area contributed by atoms with Gasteiger partial charge >= 0.3 is 0 Å². The molecule has 0 bridgehead atoms. The standard InChI is InChI=1S/C9H9NO3/c11-10(12)8-5-7-3-1-2-4-9(7)13-6-8/h1-4,8H,5-6H2. The first kappa shape index (κ1) is 8.04. The van der Waals surface area contributed by atoms with E-state index < -0.39 is 6.04 Å². The molecule has 13 heavy (non-hydrogen) atoms. The molecule has 1 unspecified atom stereocenters. The van der Waals surface area contributed by atoms with Gasteiger partial charge in [0.25, 0.3) is 6.04 Å². The van der Waals surface area contributed by atoms with Crippen molar-refractivity contribution in [1.82, 2.24) is 0 Å². The summed E-state index contributed by atoms with van der Waals surface area (Å²) in [5, 5.41) is 10.5. The van der Waals surface area contributed by atoms with Gasteiger partial charge in [-0.1, -0.05) is 18.2 Å². The first-order chi connectivity index (χ1) is 6.27.